The zero-order valence-corrected chi connectivity index (χ0v) is 14.1. The number of hydrogen-bond donors (Lipinski definition) is 3. The third kappa shape index (κ3) is 3.26. The first-order chi connectivity index (χ1) is 11.9. The Labute approximate surface area is 149 Å². The van der Waals surface area contributed by atoms with Crippen LogP contribution in [0.15, 0.2) is 34.7 Å². The summed E-state index contributed by atoms with van der Waals surface area (Å²) in [5.41, 5.74) is -4.36. The summed E-state index contributed by atoms with van der Waals surface area (Å²) in [6.07, 6.45) is -5.13. The molecule has 10 heteroatoms. The Morgan fingerprint density at radius 2 is 1.54 bits per heavy atom. The van der Waals surface area contributed by atoms with Gasteiger partial charge in [0, 0.05) is 17.0 Å². The summed E-state index contributed by atoms with van der Waals surface area (Å²) in [4.78, 5) is 23.3. The molecule has 0 unspecified atom stereocenters. The summed E-state index contributed by atoms with van der Waals surface area (Å²) in [5, 5.41) is 20.5. The molecule has 140 valence electrons. The first kappa shape index (κ1) is 19.8. The number of allylic oxidation sites excluding steroid dienone is 2. The van der Waals surface area contributed by atoms with Gasteiger partial charge in [0.2, 0.25) is 0 Å². The molecule has 0 amide bonds. The monoisotopic (exact) mass is 393 g/mol. The van der Waals surface area contributed by atoms with Crippen molar-refractivity contribution in [1.82, 2.24) is 5.32 Å². The minimum Gasteiger partial charge on any atom is -0.478 e. The smallest absolute Gasteiger partial charge is 0.418 e. The van der Waals surface area contributed by atoms with Crippen LogP contribution >= 0.6 is 11.6 Å². The average molecular weight is 394 g/mol. The molecule has 0 radical (unpaired) electrons. The maximum Gasteiger partial charge on any atom is 0.418 e. The highest BCUT2D eigenvalue weighted by Gasteiger charge is 2.45. The molecule has 0 spiro atoms. The standard InChI is InChI=1S/C16H12ClF4NO4/c1-5-9(14(23)24)12(10(15(25)26)6(2)22-5)11-8(18)4-3-7(17)13(11)16(19,20)21/h3-4,12,22H,1-2H3,(H,23,24)(H,25,26). The van der Waals surface area contributed by atoms with E-state index < -0.39 is 57.1 Å². The number of halogens is 5. The predicted molar refractivity (Wildman–Crippen MR) is 83.0 cm³/mol. The second-order valence-electron chi connectivity index (χ2n) is 5.56. The minimum absolute atomic E-state index is 0.0995. The molecule has 0 bridgehead atoms. The number of carbonyl (C=O) groups is 2. The summed E-state index contributed by atoms with van der Waals surface area (Å²) in [5.74, 6) is -6.77. The number of benzene rings is 1. The van der Waals surface area contributed by atoms with E-state index in [4.69, 9.17) is 11.6 Å². The first-order valence-electron chi connectivity index (χ1n) is 7.08. The van der Waals surface area contributed by atoms with Crippen LogP contribution in [0.25, 0.3) is 0 Å². The quantitative estimate of drug-likeness (QED) is 0.678. The molecule has 0 aromatic heterocycles. The molecule has 1 heterocycles. The molecule has 5 nitrogen and oxygen atoms in total. The van der Waals surface area contributed by atoms with E-state index in [2.05, 4.69) is 5.32 Å². The van der Waals surface area contributed by atoms with Gasteiger partial charge >= 0.3 is 18.1 Å². The molecule has 3 N–H and O–H groups in total. The van der Waals surface area contributed by atoms with Gasteiger partial charge in [0.05, 0.1) is 27.7 Å². The van der Waals surface area contributed by atoms with Crippen molar-refractivity contribution in [2.75, 3.05) is 0 Å². The Hall–Kier alpha value is -2.55. The Morgan fingerprint density at radius 3 is 1.92 bits per heavy atom. The fraction of sp³-hybridized carbons (Fsp3) is 0.250. The molecule has 0 saturated carbocycles. The molecule has 0 atom stereocenters. The zero-order valence-electron chi connectivity index (χ0n) is 13.3. The highest BCUT2D eigenvalue weighted by molar-refractivity contribution is 6.31. The number of dihydropyridines is 1. The number of hydrogen-bond acceptors (Lipinski definition) is 3. The molecule has 0 fully saturated rings. The molecule has 26 heavy (non-hydrogen) atoms. The van der Waals surface area contributed by atoms with Crippen LogP contribution in [0.3, 0.4) is 0 Å². The van der Waals surface area contributed by atoms with E-state index in [1.54, 1.807) is 0 Å². The summed E-state index contributed by atoms with van der Waals surface area (Å²) >= 11 is 5.60. The normalized spacial score (nSPS) is 16.0. The van der Waals surface area contributed by atoms with E-state index in [1.807, 2.05) is 0 Å². The van der Waals surface area contributed by atoms with Crippen molar-refractivity contribution >= 4 is 23.5 Å². The lowest BCUT2D eigenvalue weighted by atomic mass is 9.78. The Balaban J connectivity index is 2.98. The number of alkyl halides is 3. The van der Waals surface area contributed by atoms with Crippen LogP contribution in [0.5, 0.6) is 0 Å². The van der Waals surface area contributed by atoms with Crippen molar-refractivity contribution in [3.05, 3.63) is 56.6 Å². The fourth-order valence-electron chi connectivity index (χ4n) is 2.99. The molecular formula is C16H12ClF4NO4. The molecule has 1 aromatic rings. The number of carboxylic acids is 2. The van der Waals surface area contributed by atoms with Gasteiger partial charge in [-0.2, -0.15) is 13.2 Å². The number of nitrogens with one attached hydrogen (secondary N) is 1. The van der Waals surface area contributed by atoms with Gasteiger partial charge in [0.15, 0.2) is 0 Å². The molecular weight excluding hydrogens is 382 g/mol. The van der Waals surface area contributed by atoms with E-state index in [0.717, 1.165) is 0 Å². The third-order valence-electron chi connectivity index (χ3n) is 3.93. The van der Waals surface area contributed by atoms with Crippen molar-refractivity contribution in [2.45, 2.75) is 25.9 Å². The molecule has 2 rings (SSSR count). The van der Waals surface area contributed by atoms with Crippen molar-refractivity contribution in [3.8, 4) is 0 Å². The van der Waals surface area contributed by atoms with Crippen LogP contribution < -0.4 is 5.32 Å². The van der Waals surface area contributed by atoms with Crippen molar-refractivity contribution in [3.63, 3.8) is 0 Å². The largest absolute Gasteiger partial charge is 0.478 e. The van der Waals surface area contributed by atoms with Gasteiger partial charge in [-0.25, -0.2) is 14.0 Å². The Morgan fingerprint density at radius 1 is 1.08 bits per heavy atom. The summed E-state index contributed by atoms with van der Waals surface area (Å²) in [6, 6.07) is 1.32. The van der Waals surface area contributed by atoms with Gasteiger partial charge < -0.3 is 15.5 Å². The first-order valence-corrected chi connectivity index (χ1v) is 7.46. The van der Waals surface area contributed by atoms with E-state index in [1.165, 1.54) is 13.8 Å². The lowest BCUT2D eigenvalue weighted by Gasteiger charge is -2.30. The Kier molecular flexibility index (Phi) is 5.05. The van der Waals surface area contributed by atoms with Crippen LogP contribution in [0.2, 0.25) is 5.02 Å². The van der Waals surface area contributed by atoms with Gasteiger partial charge in [-0.15, -0.1) is 0 Å². The van der Waals surface area contributed by atoms with Crippen molar-refractivity contribution in [1.29, 1.82) is 0 Å². The molecule has 0 aliphatic carbocycles. The predicted octanol–water partition coefficient (Wildman–Crippen LogP) is 3.90. The van der Waals surface area contributed by atoms with Gasteiger partial charge in [0.25, 0.3) is 0 Å². The van der Waals surface area contributed by atoms with E-state index in [0.29, 0.717) is 12.1 Å². The average Bonchev–Trinajstić information content (AvgIpc) is 2.46. The maximum atomic E-state index is 14.5. The van der Waals surface area contributed by atoms with Crippen LogP contribution in [0.1, 0.15) is 30.9 Å². The number of aliphatic carboxylic acids is 2. The van der Waals surface area contributed by atoms with Crippen LogP contribution in [0, 0.1) is 5.82 Å². The van der Waals surface area contributed by atoms with Gasteiger partial charge in [-0.3, -0.25) is 0 Å². The topological polar surface area (TPSA) is 86.6 Å². The highest BCUT2D eigenvalue weighted by Crippen LogP contribution is 2.47. The molecule has 1 aromatic carbocycles. The number of rotatable bonds is 3. The minimum atomic E-state index is -5.13. The fourth-order valence-corrected chi connectivity index (χ4v) is 3.26. The van der Waals surface area contributed by atoms with Crippen molar-refractivity contribution in [2.24, 2.45) is 0 Å². The molecule has 1 aliphatic rings. The summed E-state index contributed by atoms with van der Waals surface area (Å²) in [7, 11) is 0. The van der Waals surface area contributed by atoms with E-state index in [9.17, 15) is 37.4 Å². The third-order valence-corrected chi connectivity index (χ3v) is 4.25. The SMILES string of the molecule is CC1=C(C(=O)O)C(c2c(F)ccc(Cl)c2C(F)(F)F)C(C(=O)O)=C(C)N1. The van der Waals surface area contributed by atoms with Crippen molar-refractivity contribution < 1.29 is 37.4 Å². The van der Waals surface area contributed by atoms with Gasteiger partial charge in [0.1, 0.15) is 5.82 Å². The maximum absolute atomic E-state index is 14.5. The molecule has 0 saturated heterocycles. The van der Waals surface area contributed by atoms with Gasteiger partial charge in [-0.05, 0) is 26.0 Å². The number of carboxylic acid groups (broad SMARTS) is 2. The second kappa shape index (κ2) is 6.64. The van der Waals surface area contributed by atoms with E-state index in [-0.39, 0.29) is 11.4 Å². The zero-order chi connectivity index (χ0) is 20.0. The van der Waals surface area contributed by atoms with E-state index >= 15 is 0 Å². The van der Waals surface area contributed by atoms with Crippen LogP contribution in [-0.2, 0) is 15.8 Å². The Bertz CT molecular complexity index is 838. The summed E-state index contributed by atoms with van der Waals surface area (Å²) in [6.45, 7) is 2.49. The highest BCUT2D eigenvalue weighted by atomic mass is 35.5. The second-order valence-corrected chi connectivity index (χ2v) is 5.97. The summed E-state index contributed by atoms with van der Waals surface area (Å²) < 4.78 is 55.0. The van der Waals surface area contributed by atoms with Crippen LogP contribution in [0.4, 0.5) is 17.6 Å². The lowest BCUT2D eigenvalue weighted by molar-refractivity contribution is -0.139. The molecule has 1 aliphatic heterocycles. The lowest BCUT2D eigenvalue weighted by Crippen LogP contribution is -2.32. The van der Waals surface area contributed by atoms with Gasteiger partial charge in [-0.1, -0.05) is 11.6 Å². The van der Waals surface area contributed by atoms with Crippen LogP contribution in [-0.4, -0.2) is 22.2 Å².